The Hall–Kier alpha value is -0.450. The summed E-state index contributed by atoms with van der Waals surface area (Å²) in [5, 5.41) is 0. The van der Waals surface area contributed by atoms with Crippen molar-refractivity contribution < 1.29 is 9.53 Å². The van der Waals surface area contributed by atoms with Gasteiger partial charge in [-0.2, -0.15) is 0 Å². The van der Waals surface area contributed by atoms with Gasteiger partial charge >= 0.3 is 0 Å². The number of nitrogens with zero attached hydrogens (tertiary/aromatic N) is 2. The molecule has 1 aliphatic carbocycles. The number of likely N-dealkylation sites (tertiary alicyclic amines) is 1. The van der Waals surface area contributed by atoms with E-state index < -0.39 is 0 Å². The first-order valence-corrected chi connectivity index (χ1v) is 8.32. The van der Waals surface area contributed by atoms with Gasteiger partial charge in [0, 0.05) is 37.6 Å². The van der Waals surface area contributed by atoms with Gasteiger partial charge in [0.05, 0.1) is 13.2 Å². The average Bonchev–Trinajstić information content (AvgIpc) is 2.97. The zero-order chi connectivity index (χ0) is 13.8. The SMILES string of the molecule is O=CC1(CN2CCC(N3CCOCC3)C2)CCCCC1. The van der Waals surface area contributed by atoms with Crippen LogP contribution in [0, 0.1) is 5.41 Å². The summed E-state index contributed by atoms with van der Waals surface area (Å²) >= 11 is 0. The highest BCUT2D eigenvalue weighted by molar-refractivity contribution is 5.60. The molecule has 1 unspecified atom stereocenters. The van der Waals surface area contributed by atoms with Crippen molar-refractivity contribution in [3.63, 3.8) is 0 Å². The van der Waals surface area contributed by atoms with E-state index in [1.54, 1.807) is 0 Å². The van der Waals surface area contributed by atoms with E-state index in [0.717, 1.165) is 58.8 Å². The second-order valence-electron chi connectivity index (χ2n) is 6.87. The second kappa shape index (κ2) is 6.54. The largest absolute Gasteiger partial charge is 0.379 e. The molecule has 3 rings (SSSR count). The van der Waals surface area contributed by atoms with Crippen molar-refractivity contribution in [2.24, 2.45) is 5.41 Å². The smallest absolute Gasteiger partial charge is 0.127 e. The van der Waals surface area contributed by atoms with Crippen molar-refractivity contribution in [1.29, 1.82) is 0 Å². The van der Waals surface area contributed by atoms with E-state index in [0.29, 0.717) is 6.04 Å². The number of carbonyl (C=O) groups excluding carboxylic acids is 1. The lowest BCUT2D eigenvalue weighted by Crippen LogP contribution is -2.46. The minimum Gasteiger partial charge on any atom is -0.379 e. The van der Waals surface area contributed by atoms with Crippen molar-refractivity contribution >= 4 is 6.29 Å². The fourth-order valence-corrected chi connectivity index (χ4v) is 4.21. The van der Waals surface area contributed by atoms with Crippen LogP contribution in [0.5, 0.6) is 0 Å². The molecule has 1 atom stereocenters. The summed E-state index contributed by atoms with van der Waals surface area (Å²) in [7, 11) is 0. The van der Waals surface area contributed by atoms with Crippen LogP contribution in [-0.4, -0.2) is 68.1 Å². The summed E-state index contributed by atoms with van der Waals surface area (Å²) in [6.45, 7) is 7.24. The van der Waals surface area contributed by atoms with E-state index in [2.05, 4.69) is 9.80 Å². The zero-order valence-corrected chi connectivity index (χ0v) is 12.6. The molecule has 0 bridgehead atoms. The summed E-state index contributed by atoms with van der Waals surface area (Å²) < 4.78 is 5.44. The first-order chi connectivity index (χ1) is 9.81. The van der Waals surface area contributed by atoms with E-state index in [9.17, 15) is 4.79 Å². The first-order valence-electron chi connectivity index (χ1n) is 8.32. The standard InChI is InChI=1S/C16H28N2O2/c19-14-16(5-2-1-3-6-16)13-17-7-4-15(12-17)18-8-10-20-11-9-18/h14-15H,1-13H2. The first kappa shape index (κ1) is 14.5. The van der Waals surface area contributed by atoms with Crippen molar-refractivity contribution in [1.82, 2.24) is 9.80 Å². The Kier molecular flexibility index (Phi) is 4.74. The molecule has 3 fully saturated rings. The highest BCUT2D eigenvalue weighted by Gasteiger charge is 2.37. The molecule has 2 heterocycles. The Morgan fingerprint density at radius 1 is 1.10 bits per heavy atom. The van der Waals surface area contributed by atoms with Gasteiger partial charge in [-0.25, -0.2) is 0 Å². The Morgan fingerprint density at radius 3 is 2.55 bits per heavy atom. The number of aldehydes is 1. The quantitative estimate of drug-likeness (QED) is 0.731. The third-order valence-corrected chi connectivity index (χ3v) is 5.45. The van der Waals surface area contributed by atoms with Crippen LogP contribution >= 0.6 is 0 Å². The molecule has 3 aliphatic rings. The monoisotopic (exact) mass is 280 g/mol. The molecule has 1 saturated carbocycles. The van der Waals surface area contributed by atoms with E-state index in [1.165, 1.54) is 32.0 Å². The van der Waals surface area contributed by atoms with Gasteiger partial charge < -0.3 is 14.4 Å². The lowest BCUT2D eigenvalue weighted by Gasteiger charge is -2.36. The highest BCUT2D eigenvalue weighted by atomic mass is 16.5. The predicted octanol–water partition coefficient (Wildman–Crippen LogP) is 1.54. The van der Waals surface area contributed by atoms with E-state index >= 15 is 0 Å². The van der Waals surface area contributed by atoms with E-state index in [-0.39, 0.29) is 5.41 Å². The van der Waals surface area contributed by atoms with Gasteiger partial charge in [0.25, 0.3) is 0 Å². The minimum atomic E-state index is -0.0296. The normalized spacial score (nSPS) is 32.3. The molecule has 0 aromatic rings. The Labute approximate surface area is 122 Å². The van der Waals surface area contributed by atoms with Crippen molar-refractivity contribution in [2.75, 3.05) is 45.9 Å². The Morgan fingerprint density at radius 2 is 1.85 bits per heavy atom. The summed E-state index contributed by atoms with van der Waals surface area (Å²) in [5.74, 6) is 0. The Balaban J connectivity index is 1.52. The van der Waals surface area contributed by atoms with Gasteiger partial charge in [0.2, 0.25) is 0 Å². The maximum atomic E-state index is 11.6. The van der Waals surface area contributed by atoms with Crippen LogP contribution < -0.4 is 0 Å². The van der Waals surface area contributed by atoms with Crippen LogP contribution in [0.3, 0.4) is 0 Å². The highest BCUT2D eigenvalue weighted by Crippen LogP contribution is 2.36. The molecule has 0 aromatic carbocycles. The molecule has 4 nitrogen and oxygen atoms in total. The van der Waals surface area contributed by atoms with Crippen molar-refractivity contribution in [3.05, 3.63) is 0 Å². The summed E-state index contributed by atoms with van der Waals surface area (Å²) in [6, 6.07) is 0.686. The van der Waals surface area contributed by atoms with Crippen LogP contribution in [-0.2, 0) is 9.53 Å². The number of rotatable bonds is 4. The molecule has 114 valence electrons. The van der Waals surface area contributed by atoms with Crippen LogP contribution in [0.2, 0.25) is 0 Å². The fraction of sp³-hybridized carbons (Fsp3) is 0.938. The van der Waals surface area contributed by atoms with Crippen LogP contribution in [0.25, 0.3) is 0 Å². The fourth-order valence-electron chi connectivity index (χ4n) is 4.21. The lowest BCUT2D eigenvalue weighted by atomic mass is 9.75. The molecule has 0 aromatic heterocycles. The number of carbonyl (C=O) groups is 1. The number of hydrogen-bond acceptors (Lipinski definition) is 4. The van der Waals surface area contributed by atoms with Gasteiger partial charge in [0.15, 0.2) is 0 Å². The summed E-state index contributed by atoms with van der Waals surface area (Å²) in [4.78, 5) is 16.7. The second-order valence-corrected chi connectivity index (χ2v) is 6.87. The van der Waals surface area contributed by atoms with E-state index in [4.69, 9.17) is 4.74 Å². The molecule has 2 aliphatic heterocycles. The number of hydrogen-bond donors (Lipinski definition) is 0. The van der Waals surface area contributed by atoms with Gasteiger partial charge in [-0.3, -0.25) is 4.90 Å². The van der Waals surface area contributed by atoms with Gasteiger partial charge in [-0.1, -0.05) is 19.3 Å². The topological polar surface area (TPSA) is 32.8 Å². The third kappa shape index (κ3) is 3.23. The Bertz CT molecular complexity index is 322. The lowest BCUT2D eigenvalue weighted by molar-refractivity contribution is -0.119. The zero-order valence-electron chi connectivity index (χ0n) is 12.6. The maximum Gasteiger partial charge on any atom is 0.127 e. The molecule has 0 amide bonds. The van der Waals surface area contributed by atoms with Crippen LogP contribution in [0.1, 0.15) is 38.5 Å². The van der Waals surface area contributed by atoms with Crippen molar-refractivity contribution in [3.8, 4) is 0 Å². The van der Waals surface area contributed by atoms with Gasteiger partial charge in [0.1, 0.15) is 6.29 Å². The summed E-state index contributed by atoms with van der Waals surface area (Å²) in [6.07, 6.45) is 8.53. The van der Waals surface area contributed by atoms with Gasteiger partial charge in [-0.05, 0) is 25.8 Å². The molecule has 0 radical (unpaired) electrons. The van der Waals surface area contributed by atoms with Crippen LogP contribution in [0.15, 0.2) is 0 Å². The minimum absolute atomic E-state index is 0.0296. The molecule has 4 heteroatoms. The average molecular weight is 280 g/mol. The molecule has 20 heavy (non-hydrogen) atoms. The summed E-state index contributed by atoms with van der Waals surface area (Å²) in [5.41, 5.74) is -0.0296. The molecule has 0 N–H and O–H groups in total. The number of ether oxygens (including phenoxy) is 1. The van der Waals surface area contributed by atoms with E-state index in [1.807, 2.05) is 0 Å². The molecule has 2 saturated heterocycles. The molecular formula is C16H28N2O2. The van der Waals surface area contributed by atoms with Gasteiger partial charge in [-0.15, -0.1) is 0 Å². The maximum absolute atomic E-state index is 11.6. The molecular weight excluding hydrogens is 252 g/mol. The predicted molar refractivity (Wildman–Crippen MR) is 78.8 cm³/mol. The van der Waals surface area contributed by atoms with Crippen molar-refractivity contribution in [2.45, 2.75) is 44.6 Å². The third-order valence-electron chi connectivity index (χ3n) is 5.45. The molecule has 0 spiro atoms. The van der Waals surface area contributed by atoms with Crippen LogP contribution in [0.4, 0.5) is 0 Å². The number of morpholine rings is 1.